The number of rotatable bonds is 4. The van der Waals surface area contributed by atoms with Crippen LogP contribution in [0.3, 0.4) is 0 Å². The number of hydrogen-bond acceptors (Lipinski definition) is 6. The Morgan fingerprint density at radius 1 is 1.23 bits per heavy atom. The van der Waals surface area contributed by atoms with Gasteiger partial charge in [-0.2, -0.15) is 13.2 Å². The van der Waals surface area contributed by atoms with Crippen LogP contribution in [0.4, 0.5) is 18.9 Å². The Labute approximate surface area is 169 Å². The van der Waals surface area contributed by atoms with E-state index in [9.17, 15) is 22.8 Å². The number of halogens is 3. The number of aromatic amines is 1. The topological polar surface area (TPSA) is 97.0 Å². The summed E-state index contributed by atoms with van der Waals surface area (Å²) < 4.78 is 45.8. The van der Waals surface area contributed by atoms with E-state index in [2.05, 4.69) is 25.0 Å². The molecule has 0 bridgehead atoms. The number of fused-ring (bicyclic) bond motifs is 1. The van der Waals surface area contributed by atoms with Crippen LogP contribution in [0.5, 0.6) is 0 Å². The van der Waals surface area contributed by atoms with Gasteiger partial charge >= 0.3 is 12.1 Å². The van der Waals surface area contributed by atoms with Gasteiger partial charge in [-0.3, -0.25) is 4.79 Å². The van der Waals surface area contributed by atoms with Crippen molar-refractivity contribution < 1.29 is 22.7 Å². The van der Waals surface area contributed by atoms with Crippen LogP contribution in [-0.4, -0.2) is 28.0 Å². The fourth-order valence-corrected chi connectivity index (χ4v) is 3.16. The molecule has 0 unspecified atom stereocenters. The van der Waals surface area contributed by atoms with Crippen molar-refractivity contribution in [3.05, 3.63) is 63.0 Å². The van der Waals surface area contributed by atoms with Crippen molar-refractivity contribution in [3.63, 3.8) is 0 Å². The fourth-order valence-electron chi connectivity index (χ4n) is 3.16. The number of esters is 1. The number of alkyl halides is 3. The molecule has 0 amide bonds. The van der Waals surface area contributed by atoms with Gasteiger partial charge in [0, 0.05) is 6.04 Å². The third kappa shape index (κ3) is 4.12. The van der Waals surface area contributed by atoms with E-state index in [-0.39, 0.29) is 28.0 Å². The number of anilines is 1. The van der Waals surface area contributed by atoms with E-state index in [1.54, 1.807) is 13.8 Å². The average molecular weight is 420 g/mol. The highest BCUT2D eigenvalue weighted by atomic mass is 19.4. The first-order chi connectivity index (χ1) is 14.0. The summed E-state index contributed by atoms with van der Waals surface area (Å²) in [5.41, 5.74) is -0.407. The Balaban J connectivity index is 2.07. The Morgan fingerprint density at radius 3 is 2.53 bits per heavy atom. The first-order valence-corrected chi connectivity index (χ1v) is 8.94. The number of aryl methyl sites for hydroxylation is 2. The van der Waals surface area contributed by atoms with Gasteiger partial charge in [0.25, 0.3) is 5.56 Å². The number of H-pyrrole nitrogens is 1. The minimum Gasteiger partial charge on any atom is -0.464 e. The molecular weight excluding hydrogens is 401 g/mol. The predicted octanol–water partition coefficient (Wildman–Crippen LogP) is 3.91. The van der Waals surface area contributed by atoms with Gasteiger partial charge in [-0.15, -0.1) is 0 Å². The summed E-state index contributed by atoms with van der Waals surface area (Å²) in [6.45, 7) is 4.73. The van der Waals surface area contributed by atoms with Crippen LogP contribution in [0.25, 0.3) is 10.9 Å². The summed E-state index contributed by atoms with van der Waals surface area (Å²) >= 11 is 0. The zero-order chi connectivity index (χ0) is 22.2. The average Bonchev–Trinajstić information content (AvgIpc) is 2.67. The van der Waals surface area contributed by atoms with Crippen molar-refractivity contribution in [2.45, 2.75) is 33.0 Å². The van der Waals surface area contributed by atoms with Gasteiger partial charge in [0.05, 0.1) is 35.5 Å². The molecule has 2 aromatic heterocycles. The minimum atomic E-state index is -4.64. The summed E-state index contributed by atoms with van der Waals surface area (Å²) in [6.07, 6.45) is -3.29. The van der Waals surface area contributed by atoms with Gasteiger partial charge in [-0.25, -0.2) is 14.8 Å². The second-order valence-corrected chi connectivity index (χ2v) is 6.85. The molecule has 0 aliphatic heterocycles. The maximum Gasteiger partial charge on any atom is 0.416 e. The third-order valence-electron chi connectivity index (χ3n) is 4.64. The number of aromatic nitrogens is 3. The lowest BCUT2D eigenvalue weighted by Crippen LogP contribution is -2.18. The molecule has 0 aliphatic carbocycles. The van der Waals surface area contributed by atoms with Gasteiger partial charge in [0.2, 0.25) is 0 Å². The maximum atomic E-state index is 13.7. The standard InChI is InChI=1S/C20H19F3N4O3/c1-9-5-16(19(29)30-4)24-8-17(9)25-10(2)12-6-13-15(7-14(12)20(21,22)23)26-11(3)27-18(13)28/h5-8,10,25H,1-4H3,(H,26,27,28)/t10-/m0/s1. The first kappa shape index (κ1) is 21.3. The second kappa shape index (κ2) is 7.77. The summed E-state index contributed by atoms with van der Waals surface area (Å²) in [4.78, 5) is 34.3. The zero-order valence-electron chi connectivity index (χ0n) is 16.6. The number of methoxy groups -OCH3 is 1. The zero-order valence-corrected chi connectivity index (χ0v) is 16.6. The molecule has 1 aromatic carbocycles. The number of carbonyl (C=O) groups is 1. The van der Waals surface area contributed by atoms with Crippen molar-refractivity contribution in [2.75, 3.05) is 12.4 Å². The monoisotopic (exact) mass is 420 g/mol. The molecule has 0 saturated carbocycles. The highest BCUT2D eigenvalue weighted by Crippen LogP contribution is 2.37. The smallest absolute Gasteiger partial charge is 0.416 e. The lowest BCUT2D eigenvalue weighted by atomic mass is 9.98. The van der Waals surface area contributed by atoms with Gasteiger partial charge < -0.3 is 15.0 Å². The molecule has 0 aliphatic rings. The normalized spacial score (nSPS) is 12.6. The molecule has 1 atom stereocenters. The number of nitrogens with one attached hydrogen (secondary N) is 2. The van der Waals surface area contributed by atoms with E-state index in [1.165, 1.54) is 32.4 Å². The lowest BCUT2D eigenvalue weighted by Gasteiger charge is -2.22. The number of pyridine rings is 1. The summed E-state index contributed by atoms with van der Waals surface area (Å²) in [7, 11) is 1.23. The number of carbonyl (C=O) groups excluding carboxylic acids is 1. The Hall–Kier alpha value is -3.43. The van der Waals surface area contributed by atoms with Crippen molar-refractivity contribution in [1.29, 1.82) is 0 Å². The highest BCUT2D eigenvalue weighted by molar-refractivity contribution is 5.87. The quantitative estimate of drug-likeness (QED) is 0.621. The summed E-state index contributed by atoms with van der Waals surface area (Å²) in [5.74, 6) is -0.388. The number of benzene rings is 1. The first-order valence-electron chi connectivity index (χ1n) is 8.94. The molecule has 3 rings (SSSR count). The van der Waals surface area contributed by atoms with Crippen LogP contribution in [0.2, 0.25) is 0 Å². The van der Waals surface area contributed by atoms with Crippen LogP contribution in [0, 0.1) is 13.8 Å². The molecule has 7 nitrogen and oxygen atoms in total. The lowest BCUT2D eigenvalue weighted by molar-refractivity contribution is -0.138. The van der Waals surface area contributed by atoms with Gasteiger partial charge in [0.1, 0.15) is 11.5 Å². The Kier molecular flexibility index (Phi) is 5.51. The van der Waals surface area contributed by atoms with Gasteiger partial charge in [-0.05, 0) is 50.1 Å². The molecule has 0 saturated heterocycles. The molecule has 2 heterocycles. The molecule has 2 N–H and O–H groups in total. The number of hydrogen-bond donors (Lipinski definition) is 2. The SMILES string of the molecule is COC(=O)c1cc(C)c(N[C@@H](C)c2cc3c(=O)[nH]c(C)nc3cc2C(F)(F)F)cn1. The molecule has 30 heavy (non-hydrogen) atoms. The summed E-state index contributed by atoms with van der Waals surface area (Å²) in [6, 6.07) is 2.74. The van der Waals surface area contributed by atoms with Crippen LogP contribution in [0.1, 0.15) is 46.0 Å². The fraction of sp³-hybridized carbons (Fsp3) is 0.300. The predicted molar refractivity (Wildman–Crippen MR) is 104 cm³/mol. The van der Waals surface area contributed by atoms with Crippen LogP contribution >= 0.6 is 0 Å². The van der Waals surface area contributed by atoms with E-state index in [0.717, 1.165) is 6.07 Å². The van der Waals surface area contributed by atoms with Gasteiger partial charge in [0.15, 0.2) is 0 Å². The maximum absolute atomic E-state index is 13.7. The van der Waals surface area contributed by atoms with E-state index in [1.807, 2.05) is 0 Å². The van der Waals surface area contributed by atoms with Crippen molar-refractivity contribution >= 4 is 22.6 Å². The van der Waals surface area contributed by atoms with Crippen molar-refractivity contribution in [3.8, 4) is 0 Å². The largest absolute Gasteiger partial charge is 0.464 e. The van der Waals surface area contributed by atoms with Gasteiger partial charge in [-0.1, -0.05) is 0 Å². The number of nitrogens with zero attached hydrogens (tertiary/aromatic N) is 2. The molecule has 0 fully saturated rings. The molecule has 158 valence electrons. The minimum absolute atomic E-state index is 0.0280. The summed E-state index contributed by atoms with van der Waals surface area (Å²) in [5, 5.41) is 3.03. The van der Waals surface area contributed by atoms with Crippen LogP contribution < -0.4 is 10.9 Å². The third-order valence-corrected chi connectivity index (χ3v) is 4.64. The second-order valence-electron chi connectivity index (χ2n) is 6.85. The van der Waals surface area contributed by atoms with Crippen molar-refractivity contribution in [2.24, 2.45) is 0 Å². The van der Waals surface area contributed by atoms with Crippen molar-refractivity contribution in [1.82, 2.24) is 15.0 Å². The van der Waals surface area contributed by atoms with Crippen LogP contribution in [-0.2, 0) is 10.9 Å². The molecule has 0 spiro atoms. The Morgan fingerprint density at radius 2 is 1.93 bits per heavy atom. The van der Waals surface area contributed by atoms with E-state index < -0.39 is 29.3 Å². The van der Waals surface area contributed by atoms with E-state index in [0.29, 0.717) is 11.3 Å². The molecule has 0 radical (unpaired) electrons. The molecule has 3 aromatic rings. The Bertz CT molecular complexity index is 1190. The molecular formula is C20H19F3N4O3. The molecule has 10 heteroatoms. The highest BCUT2D eigenvalue weighted by Gasteiger charge is 2.35. The van der Waals surface area contributed by atoms with E-state index >= 15 is 0 Å². The van der Waals surface area contributed by atoms with Crippen LogP contribution in [0.15, 0.2) is 29.2 Å². The number of ether oxygens (including phenoxy) is 1. The van der Waals surface area contributed by atoms with E-state index in [4.69, 9.17) is 0 Å².